The topological polar surface area (TPSA) is 111 Å². The molecule has 2 N–H and O–H groups in total. The molecule has 1 fully saturated rings. The molecular formula is C15H17F2N5O3S. The third-order valence-electron chi connectivity index (χ3n) is 4.31. The standard InChI is InChI=1S/C15H17F2N5O3S/c1-9-14(15(23)21-6-2-3-11(21)8-26(18,24)25)19-20-22(9)10-4-5-12(16)13(17)7-10/h4-5,7,11H,2-3,6,8H2,1H3,(H2,18,24,25). The number of sulfonamides is 1. The Labute approximate surface area is 148 Å². The lowest BCUT2D eigenvalue weighted by atomic mass is 10.2. The van der Waals surface area contributed by atoms with Gasteiger partial charge >= 0.3 is 0 Å². The Balaban J connectivity index is 1.89. The summed E-state index contributed by atoms with van der Waals surface area (Å²) in [7, 11) is -3.73. The normalized spacial score (nSPS) is 17.7. The fourth-order valence-electron chi connectivity index (χ4n) is 3.07. The number of amides is 1. The maximum absolute atomic E-state index is 13.4. The van der Waals surface area contributed by atoms with Crippen molar-refractivity contribution in [2.75, 3.05) is 12.3 Å². The summed E-state index contributed by atoms with van der Waals surface area (Å²) in [6.45, 7) is 1.95. The molecule has 1 aromatic heterocycles. The molecule has 26 heavy (non-hydrogen) atoms. The molecule has 0 saturated carbocycles. The molecule has 1 amide bonds. The SMILES string of the molecule is Cc1c(C(=O)N2CCCC2CS(N)(=O)=O)nnn1-c1ccc(F)c(F)c1. The average molecular weight is 385 g/mol. The summed E-state index contributed by atoms with van der Waals surface area (Å²) in [4.78, 5) is 14.2. The van der Waals surface area contributed by atoms with Gasteiger partial charge in [0.2, 0.25) is 10.0 Å². The van der Waals surface area contributed by atoms with Gasteiger partial charge in [-0.05, 0) is 31.9 Å². The Morgan fingerprint density at radius 2 is 2.08 bits per heavy atom. The lowest BCUT2D eigenvalue weighted by molar-refractivity contribution is 0.0742. The second-order valence-electron chi connectivity index (χ2n) is 6.16. The first kappa shape index (κ1) is 18.4. The predicted molar refractivity (Wildman–Crippen MR) is 88.0 cm³/mol. The van der Waals surface area contributed by atoms with Crippen molar-refractivity contribution in [3.05, 3.63) is 41.2 Å². The number of halogens is 2. The van der Waals surface area contributed by atoms with Crippen molar-refractivity contribution in [1.29, 1.82) is 0 Å². The highest BCUT2D eigenvalue weighted by Gasteiger charge is 2.34. The molecule has 0 bridgehead atoms. The molecule has 0 aliphatic carbocycles. The summed E-state index contributed by atoms with van der Waals surface area (Å²) in [5, 5.41) is 12.8. The number of likely N-dealkylation sites (tertiary alicyclic amines) is 1. The summed E-state index contributed by atoms with van der Waals surface area (Å²) in [5.41, 5.74) is 0.578. The minimum atomic E-state index is -3.73. The van der Waals surface area contributed by atoms with Crippen LogP contribution < -0.4 is 5.14 Å². The Hall–Kier alpha value is -2.40. The van der Waals surface area contributed by atoms with Crippen molar-refractivity contribution >= 4 is 15.9 Å². The van der Waals surface area contributed by atoms with E-state index in [-0.39, 0.29) is 17.1 Å². The van der Waals surface area contributed by atoms with Crippen LogP contribution in [-0.4, -0.2) is 52.6 Å². The largest absolute Gasteiger partial charge is 0.333 e. The molecule has 2 aromatic rings. The van der Waals surface area contributed by atoms with Crippen LogP contribution in [0.5, 0.6) is 0 Å². The predicted octanol–water partition coefficient (Wildman–Crippen LogP) is 0.747. The van der Waals surface area contributed by atoms with E-state index in [1.54, 1.807) is 6.92 Å². The number of hydrogen-bond donors (Lipinski definition) is 1. The van der Waals surface area contributed by atoms with Crippen LogP contribution in [0.3, 0.4) is 0 Å². The van der Waals surface area contributed by atoms with Crippen molar-refractivity contribution in [2.45, 2.75) is 25.8 Å². The van der Waals surface area contributed by atoms with Crippen molar-refractivity contribution in [1.82, 2.24) is 19.9 Å². The second kappa shape index (κ2) is 6.72. The van der Waals surface area contributed by atoms with Crippen molar-refractivity contribution in [2.24, 2.45) is 5.14 Å². The van der Waals surface area contributed by atoms with Gasteiger partial charge in [0.25, 0.3) is 5.91 Å². The monoisotopic (exact) mass is 385 g/mol. The summed E-state index contributed by atoms with van der Waals surface area (Å²) >= 11 is 0. The van der Waals surface area contributed by atoms with Crippen molar-refractivity contribution in [3.8, 4) is 5.69 Å². The lowest BCUT2D eigenvalue weighted by Gasteiger charge is -2.23. The fraction of sp³-hybridized carbons (Fsp3) is 0.400. The summed E-state index contributed by atoms with van der Waals surface area (Å²) in [6.07, 6.45) is 1.18. The van der Waals surface area contributed by atoms with Gasteiger partial charge in [0.05, 0.1) is 17.1 Å². The molecule has 11 heteroatoms. The van der Waals surface area contributed by atoms with Gasteiger partial charge in [0.15, 0.2) is 17.3 Å². The van der Waals surface area contributed by atoms with Gasteiger partial charge in [-0.2, -0.15) is 0 Å². The highest BCUT2D eigenvalue weighted by atomic mass is 32.2. The minimum absolute atomic E-state index is 0.0241. The number of hydrogen-bond acceptors (Lipinski definition) is 5. The molecule has 140 valence electrons. The fourth-order valence-corrected chi connectivity index (χ4v) is 3.95. The maximum Gasteiger partial charge on any atom is 0.276 e. The van der Waals surface area contributed by atoms with Crippen LogP contribution in [-0.2, 0) is 10.0 Å². The Kier molecular flexibility index (Phi) is 4.76. The van der Waals surface area contributed by atoms with Gasteiger partial charge in [0.1, 0.15) is 0 Å². The zero-order valence-electron chi connectivity index (χ0n) is 13.9. The number of carbonyl (C=O) groups is 1. The molecule has 1 aromatic carbocycles. The summed E-state index contributed by atoms with van der Waals surface area (Å²) in [6, 6.07) is 2.69. The lowest BCUT2D eigenvalue weighted by Crippen LogP contribution is -2.41. The molecule has 2 heterocycles. The van der Waals surface area contributed by atoms with Gasteiger partial charge in [0, 0.05) is 18.7 Å². The number of benzene rings is 1. The maximum atomic E-state index is 13.4. The molecule has 1 aliphatic rings. The van der Waals surface area contributed by atoms with E-state index >= 15 is 0 Å². The van der Waals surface area contributed by atoms with Crippen LogP contribution in [0, 0.1) is 18.6 Å². The molecule has 3 rings (SSSR count). The molecule has 1 atom stereocenters. The molecule has 1 saturated heterocycles. The number of primary sulfonamides is 1. The molecule has 0 radical (unpaired) electrons. The van der Waals surface area contributed by atoms with Crippen LogP contribution in [0.15, 0.2) is 18.2 Å². The minimum Gasteiger partial charge on any atom is -0.333 e. The molecular weight excluding hydrogens is 368 g/mol. The van der Waals surface area contributed by atoms with Crippen LogP contribution in [0.2, 0.25) is 0 Å². The first-order valence-corrected chi connectivity index (χ1v) is 9.58. The second-order valence-corrected chi connectivity index (χ2v) is 7.82. The van der Waals surface area contributed by atoms with E-state index < -0.39 is 33.6 Å². The van der Waals surface area contributed by atoms with E-state index in [1.807, 2.05) is 0 Å². The van der Waals surface area contributed by atoms with E-state index in [9.17, 15) is 22.0 Å². The van der Waals surface area contributed by atoms with Crippen LogP contribution in [0.4, 0.5) is 8.78 Å². The number of nitrogens with zero attached hydrogens (tertiary/aromatic N) is 4. The molecule has 8 nitrogen and oxygen atoms in total. The highest BCUT2D eigenvalue weighted by molar-refractivity contribution is 7.89. The summed E-state index contributed by atoms with van der Waals surface area (Å²) < 4.78 is 50.4. The van der Waals surface area contributed by atoms with Crippen LogP contribution in [0.25, 0.3) is 5.69 Å². The molecule has 1 aliphatic heterocycles. The zero-order chi connectivity index (χ0) is 19.1. The first-order valence-electron chi connectivity index (χ1n) is 7.86. The van der Waals surface area contributed by atoms with E-state index in [4.69, 9.17) is 5.14 Å². The third kappa shape index (κ3) is 3.58. The van der Waals surface area contributed by atoms with Crippen molar-refractivity contribution in [3.63, 3.8) is 0 Å². The van der Waals surface area contributed by atoms with Gasteiger partial charge < -0.3 is 4.90 Å². The van der Waals surface area contributed by atoms with Crippen LogP contribution >= 0.6 is 0 Å². The molecule has 1 unspecified atom stereocenters. The van der Waals surface area contributed by atoms with Gasteiger partial charge in [-0.15, -0.1) is 5.10 Å². The Morgan fingerprint density at radius 3 is 2.73 bits per heavy atom. The van der Waals surface area contributed by atoms with Crippen molar-refractivity contribution < 1.29 is 22.0 Å². The van der Waals surface area contributed by atoms with E-state index in [2.05, 4.69) is 10.3 Å². The third-order valence-corrected chi connectivity index (χ3v) is 5.16. The van der Waals surface area contributed by atoms with Gasteiger partial charge in [-0.25, -0.2) is 27.0 Å². The van der Waals surface area contributed by atoms with E-state index in [1.165, 1.54) is 15.6 Å². The van der Waals surface area contributed by atoms with E-state index in [0.29, 0.717) is 25.1 Å². The average Bonchev–Trinajstić information content (AvgIpc) is 3.14. The van der Waals surface area contributed by atoms with E-state index in [0.717, 1.165) is 12.1 Å². The molecule has 0 spiro atoms. The highest BCUT2D eigenvalue weighted by Crippen LogP contribution is 2.22. The zero-order valence-corrected chi connectivity index (χ0v) is 14.7. The Morgan fingerprint density at radius 1 is 1.35 bits per heavy atom. The summed E-state index contributed by atoms with van der Waals surface area (Å²) in [5.74, 6) is -2.83. The van der Waals surface area contributed by atoms with Crippen LogP contribution in [0.1, 0.15) is 29.0 Å². The quantitative estimate of drug-likeness (QED) is 0.835. The van der Waals surface area contributed by atoms with Gasteiger partial charge in [-0.3, -0.25) is 4.79 Å². The number of aromatic nitrogens is 3. The number of nitrogens with two attached hydrogens (primary N) is 1. The van der Waals surface area contributed by atoms with Gasteiger partial charge in [-0.1, -0.05) is 5.21 Å². The Bertz CT molecular complexity index is 960. The number of carbonyl (C=O) groups excluding carboxylic acids is 1. The number of rotatable bonds is 4. The first-order chi connectivity index (χ1) is 12.2. The smallest absolute Gasteiger partial charge is 0.276 e.